The average Bonchev–Trinajstić information content (AvgIpc) is 2.73. The Morgan fingerprint density at radius 2 is 1.03 bits per heavy atom. The zero-order valence-electron chi connectivity index (χ0n) is 24.6. The van der Waals surface area contributed by atoms with Gasteiger partial charge in [-0.25, -0.2) is 0 Å². The molecule has 0 amide bonds. The minimum absolute atomic E-state index is 0.418. The van der Waals surface area contributed by atoms with Crippen molar-refractivity contribution in [1.82, 2.24) is 0 Å². The molecule has 1 rings (SSSR count). The topological polar surface area (TPSA) is 163 Å². The van der Waals surface area contributed by atoms with Gasteiger partial charge in [-0.2, -0.15) is 0 Å². The van der Waals surface area contributed by atoms with Gasteiger partial charge in [0, 0.05) is 4.91 Å². The Kier molecular flexibility index (Phi) is 10.4. The van der Waals surface area contributed by atoms with Gasteiger partial charge >= 0.3 is 23.9 Å². The predicted octanol–water partition coefficient (Wildman–Crippen LogP) is 4.48. The van der Waals surface area contributed by atoms with Crippen molar-refractivity contribution in [2.45, 2.75) is 114 Å². The van der Waals surface area contributed by atoms with Gasteiger partial charge in [0.05, 0.1) is 21.7 Å². The van der Waals surface area contributed by atoms with Crippen molar-refractivity contribution in [3.05, 3.63) is 10.4 Å². The maximum atomic E-state index is 13.0. The maximum absolute atomic E-state index is 13.0. The Bertz CT molecular complexity index is 945. The molecule has 0 aromatic rings. The van der Waals surface area contributed by atoms with Crippen LogP contribution in [-0.4, -0.2) is 61.1 Å². The Morgan fingerprint density at radius 3 is 1.39 bits per heavy atom. The number of ether oxygens (including phenoxy) is 5. The van der Waals surface area contributed by atoms with Gasteiger partial charge in [0.2, 0.25) is 0 Å². The standard InChI is InChI=1S/C26H43N3O9/c1-23(2,3)19(30)34-13-14-15(36-20(31)24(4,5)6)16(37-21(32)25(7,8)9)17(18(35-14)28-29-27)38-22(33)26(10,11)12/h14-18H,13H2,1-12H3. The van der Waals surface area contributed by atoms with Crippen molar-refractivity contribution in [2.75, 3.05) is 6.61 Å². The zero-order chi connectivity index (χ0) is 29.9. The monoisotopic (exact) mass is 541 g/mol. The molecule has 0 N–H and O–H groups in total. The van der Waals surface area contributed by atoms with E-state index in [1.165, 1.54) is 0 Å². The van der Waals surface area contributed by atoms with E-state index >= 15 is 0 Å². The molecule has 12 nitrogen and oxygen atoms in total. The van der Waals surface area contributed by atoms with Crippen LogP contribution in [-0.2, 0) is 42.9 Å². The van der Waals surface area contributed by atoms with E-state index in [9.17, 15) is 24.7 Å². The van der Waals surface area contributed by atoms with Crippen LogP contribution < -0.4 is 0 Å². The van der Waals surface area contributed by atoms with Crippen LogP contribution in [0.1, 0.15) is 83.1 Å². The molecule has 12 heteroatoms. The fraction of sp³-hybridized carbons (Fsp3) is 0.846. The lowest BCUT2D eigenvalue weighted by Crippen LogP contribution is -2.63. The van der Waals surface area contributed by atoms with Crippen molar-refractivity contribution in [3.63, 3.8) is 0 Å². The number of esters is 4. The number of rotatable bonds is 6. The fourth-order valence-electron chi connectivity index (χ4n) is 2.85. The summed E-state index contributed by atoms with van der Waals surface area (Å²) < 4.78 is 28.6. The molecule has 0 aromatic heterocycles. The zero-order valence-corrected chi connectivity index (χ0v) is 24.6. The van der Waals surface area contributed by atoms with E-state index in [1.807, 2.05) is 0 Å². The summed E-state index contributed by atoms with van der Waals surface area (Å²) in [5.41, 5.74) is 5.44. The number of carbonyl (C=O) groups excluding carboxylic acids is 4. The van der Waals surface area contributed by atoms with Crippen LogP contribution in [0.25, 0.3) is 10.4 Å². The summed E-state index contributed by atoms with van der Waals surface area (Å²) in [6.45, 7) is 19.2. The van der Waals surface area contributed by atoms with Gasteiger partial charge in [0.1, 0.15) is 12.7 Å². The second kappa shape index (κ2) is 11.9. The first-order chi connectivity index (χ1) is 17.0. The molecule has 1 heterocycles. The lowest BCUT2D eigenvalue weighted by molar-refractivity contribution is -0.259. The highest BCUT2D eigenvalue weighted by atomic mass is 16.7. The van der Waals surface area contributed by atoms with Crippen LogP contribution in [0.15, 0.2) is 5.11 Å². The highest BCUT2D eigenvalue weighted by molar-refractivity contribution is 5.78. The van der Waals surface area contributed by atoms with Crippen molar-refractivity contribution < 1.29 is 42.9 Å². The molecule has 5 unspecified atom stereocenters. The number of carbonyl (C=O) groups is 4. The van der Waals surface area contributed by atoms with Gasteiger partial charge in [-0.05, 0) is 88.6 Å². The third kappa shape index (κ3) is 9.16. The molecule has 1 fully saturated rings. The van der Waals surface area contributed by atoms with E-state index in [1.54, 1.807) is 83.1 Å². The summed E-state index contributed by atoms with van der Waals surface area (Å²) in [4.78, 5) is 54.2. The molecule has 38 heavy (non-hydrogen) atoms. The average molecular weight is 542 g/mol. The Balaban J connectivity index is 3.67. The SMILES string of the molecule is CC(C)(C)C(=O)OCC1OC(N=[N+]=[N-])C(OC(=O)C(C)(C)C)C(OC(=O)C(C)(C)C)C1OC(=O)C(C)(C)C. The number of nitrogens with zero attached hydrogens (tertiary/aromatic N) is 3. The summed E-state index contributed by atoms with van der Waals surface area (Å²) in [5.74, 6) is -2.62. The second-order valence-electron chi connectivity index (χ2n) is 13.5. The molecular weight excluding hydrogens is 498 g/mol. The Morgan fingerprint density at radius 1 is 0.658 bits per heavy atom. The molecular formula is C26H43N3O9. The summed E-state index contributed by atoms with van der Waals surface area (Å²) in [5, 5.41) is 3.62. The molecule has 5 atom stereocenters. The van der Waals surface area contributed by atoms with Crippen LogP contribution in [0.2, 0.25) is 0 Å². The minimum Gasteiger partial charge on any atom is -0.462 e. The van der Waals surface area contributed by atoms with Crippen LogP contribution in [0.5, 0.6) is 0 Å². The molecule has 0 radical (unpaired) electrons. The largest absolute Gasteiger partial charge is 0.462 e. The summed E-state index contributed by atoms with van der Waals surface area (Å²) >= 11 is 0. The van der Waals surface area contributed by atoms with Gasteiger partial charge in [0.25, 0.3) is 0 Å². The van der Waals surface area contributed by atoms with Crippen LogP contribution in [0, 0.1) is 21.7 Å². The highest BCUT2D eigenvalue weighted by Crippen LogP contribution is 2.34. The first-order valence-corrected chi connectivity index (χ1v) is 12.5. The molecule has 1 aliphatic rings. The first kappa shape index (κ1) is 33.2. The molecule has 1 aliphatic heterocycles. The fourth-order valence-corrected chi connectivity index (χ4v) is 2.85. The van der Waals surface area contributed by atoms with E-state index in [2.05, 4.69) is 10.0 Å². The van der Waals surface area contributed by atoms with Gasteiger partial charge < -0.3 is 23.7 Å². The summed E-state index contributed by atoms with van der Waals surface area (Å²) in [6, 6.07) is 0. The van der Waals surface area contributed by atoms with Crippen molar-refractivity contribution >= 4 is 23.9 Å². The maximum Gasteiger partial charge on any atom is 0.311 e. The van der Waals surface area contributed by atoms with Gasteiger partial charge in [-0.15, -0.1) is 0 Å². The van der Waals surface area contributed by atoms with Crippen LogP contribution in [0.3, 0.4) is 0 Å². The lowest BCUT2D eigenvalue weighted by atomic mass is 9.92. The smallest absolute Gasteiger partial charge is 0.311 e. The molecule has 0 aromatic carbocycles. The quantitative estimate of drug-likeness (QED) is 0.155. The first-order valence-electron chi connectivity index (χ1n) is 12.5. The normalized spacial score (nSPS) is 24.5. The third-order valence-corrected chi connectivity index (χ3v) is 5.33. The molecule has 0 bridgehead atoms. The van der Waals surface area contributed by atoms with Crippen LogP contribution in [0.4, 0.5) is 0 Å². The predicted molar refractivity (Wildman–Crippen MR) is 136 cm³/mol. The minimum atomic E-state index is -1.48. The number of hydrogen-bond donors (Lipinski definition) is 0. The van der Waals surface area contributed by atoms with Gasteiger partial charge in [0.15, 0.2) is 24.5 Å². The Hall–Kier alpha value is -2.85. The van der Waals surface area contributed by atoms with Crippen molar-refractivity contribution in [1.29, 1.82) is 0 Å². The third-order valence-electron chi connectivity index (χ3n) is 5.33. The summed E-state index contributed by atoms with van der Waals surface area (Å²) in [6.07, 6.45) is -6.97. The van der Waals surface area contributed by atoms with Crippen LogP contribution >= 0.6 is 0 Å². The van der Waals surface area contributed by atoms with Crippen molar-refractivity contribution in [2.24, 2.45) is 26.8 Å². The highest BCUT2D eigenvalue weighted by Gasteiger charge is 2.54. The second-order valence-corrected chi connectivity index (χ2v) is 13.5. The lowest BCUT2D eigenvalue weighted by Gasteiger charge is -2.45. The Labute approximate surface area is 224 Å². The van der Waals surface area contributed by atoms with Gasteiger partial charge in [-0.1, -0.05) is 5.11 Å². The molecule has 0 saturated carbocycles. The van der Waals surface area contributed by atoms with E-state index in [-0.39, 0.29) is 0 Å². The summed E-state index contributed by atoms with van der Waals surface area (Å²) in [7, 11) is 0. The molecule has 216 valence electrons. The number of azide groups is 1. The van der Waals surface area contributed by atoms with E-state index in [0.29, 0.717) is 0 Å². The van der Waals surface area contributed by atoms with E-state index in [0.717, 1.165) is 0 Å². The van der Waals surface area contributed by atoms with E-state index in [4.69, 9.17) is 23.7 Å². The number of hydrogen-bond acceptors (Lipinski definition) is 10. The molecule has 0 spiro atoms. The molecule has 1 saturated heterocycles. The van der Waals surface area contributed by atoms with Gasteiger partial charge in [-0.3, -0.25) is 19.2 Å². The van der Waals surface area contributed by atoms with E-state index < -0.39 is 82.8 Å². The van der Waals surface area contributed by atoms with Crippen molar-refractivity contribution in [3.8, 4) is 0 Å². The molecule has 0 aliphatic carbocycles.